The summed E-state index contributed by atoms with van der Waals surface area (Å²) < 4.78 is 0. The standard InChI is InChI=1S/C17H19ClN2O/c1-2-3-9-17(21)20(13-14-6-5-10-19-12-14)16-8-4-7-15(18)11-16/h4-8,10-12H,2-3,9,13H2,1H3. The molecular weight excluding hydrogens is 284 g/mol. The van der Waals surface area contributed by atoms with Crippen LogP contribution in [0.25, 0.3) is 0 Å². The molecule has 0 aliphatic heterocycles. The molecule has 21 heavy (non-hydrogen) atoms. The van der Waals surface area contributed by atoms with Crippen LogP contribution in [0.1, 0.15) is 31.7 Å². The van der Waals surface area contributed by atoms with Crippen LogP contribution >= 0.6 is 11.6 Å². The van der Waals surface area contributed by atoms with E-state index in [1.165, 1.54) is 0 Å². The number of hydrogen-bond acceptors (Lipinski definition) is 2. The predicted molar refractivity (Wildman–Crippen MR) is 86.4 cm³/mol. The van der Waals surface area contributed by atoms with E-state index < -0.39 is 0 Å². The van der Waals surface area contributed by atoms with Crippen LogP contribution in [0.5, 0.6) is 0 Å². The predicted octanol–water partition coefficient (Wildman–Crippen LogP) is 4.46. The Balaban J connectivity index is 2.23. The van der Waals surface area contributed by atoms with Crippen LogP contribution in [0.3, 0.4) is 0 Å². The van der Waals surface area contributed by atoms with Crippen molar-refractivity contribution in [3.8, 4) is 0 Å². The summed E-state index contributed by atoms with van der Waals surface area (Å²) >= 11 is 6.05. The van der Waals surface area contributed by atoms with E-state index in [9.17, 15) is 4.79 Å². The Bertz CT molecular complexity index is 586. The molecule has 0 radical (unpaired) electrons. The van der Waals surface area contributed by atoms with E-state index in [1.807, 2.05) is 36.4 Å². The number of hydrogen-bond donors (Lipinski definition) is 0. The fourth-order valence-corrected chi connectivity index (χ4v) is 2.29. The molecule has 0 saturated heterocycles. The first-order chi connectivity index (χ1) is 10.2. The van der Waals surface area contributed by atoms with E-state index in [-0.39, 0.29) is 5.91 Å². The topological polar surface area (TPSA) is 33.2 Å². The van der Waals surface area contributed by atoms with Crippen LogP contribution in [0.4, 0.5) is 5.69 Å². The third kappa shape index (κ3) is 4.57. The highest BCUT2D eigenvalue weighted by Gasteiger charge is 2.16. The Hall–Kier alpha value is -1.87. The number of carbonyl (C=O) groups is 1. The van der Waals surface area contributed by atoms with Gasteiger partial charge in [-0.05, 0) is 36.2 Å². The number of carbonyl (C=O) groups excluding carboxylic acids is 1. The highest BCUT2D eigenvalue weighted by atomic mass is 35.5. The number of pyridine rings is 1. The molecule has 1 amide bonds. The first-order valence-corrected chi connectivity index (χ1v) is 7.53. The van der Waals surface area contributed by atoms with Gasteiger partial charge in [-0.15, -0.1) is 0 Å². The lowest BCUT2D eigenvalue weighted by Gasteiger charge is -2.23. The zero-order valence-corrected chi connectivity index (χ0v) is 12.9. The monoisotopic (exact) mass is 302 g/mol. The minimum atomic E-state index is 0.114. The fourth-order valence-electron chi connectivity index (χ4n) is 2.10. The van der Waals surface area contributed by atoms with Crippen molar-refractivity contribution in [3.63, 3.8) is 0 Å². The highest BCUT2D eigenvalue weighted by molar-refractivity contribution is 6.30. The normalized spacial score (nSPS) is 10.4. The van der Waals surface area contributed by atoms with Gasteiger partial charge in [0, 0.05) is 29.5 Å². The van der Waals surface area contributed by atoms with Crippen molar-refractivity contribution in [2.75, 3.05) is 4.90 Å². The average molecular weight is 303 g/mol. The fraction of sp³-hybridized carbons (Fsp3) is 0.294. The second-order valence-electron chi connectivity index (χ2n) is 4.92. The molecule has 4 heteroatoms. The van der Waals surface area contributed by atoms with Gasteiger partial charge in [0.15, 0.2) is 0 Å². The van der Waals surface area contributed by atoms with E-state index in [2.05, 4.69) is 11.9 Å². The van der Waals surface area contributed by atoms with Crippen molar-refractivity contribution in [2.45, 2.75) is 32.7 Å². The second-order valence-corrected chi connectivity index (χ2v) is 5.36. The molecule has 1 aromatic carbocycles. The molecule has 0 atom stereocenters. The summed E-state index contributed by atoms with van der Waals surface area (Å²) in [6, 6.07) is 11.2. The number of benzene rings is 1. The molecule has 2 rings (SSSR count). The number of anilines is 1. The van der Waals surface area contributed by atoms with E-state index >= 15 is 0 Å². The van der Waals surface area contributed by atoms with Gasteiger partial charge in [0.1, 0.15) is 0 Å². The molecule has 0 aliphatic carbocycles. The maximum Gasteiger partial charge on any atom is 0.227 e. The Morgan fingerprint density at radius 2 is 2.14 bits per heavy atom. The SMILES string of the molecule is CCCCC(=O)N(Cc1cccnc1)c1cccc(Cl)c1. The minimum absolute atomic E-state index is 0.114. The van der Waals surface area contributed by atoms with Gasteiger partial charge in [-0.2, -0.15) is 0 Å². The highest BCUT2D eigenvalue weighted by Crippen LogP contribution is 2.22. The van der Waals surface area contributed by atoms with Gasteiger partial charge >= 0.3 is 0 Å². The summed E-state index contributed by atoms with van der Waals surface area (Å²) in [5.41, 5.74) is 1.83. The molecule has 1 heterocycles. The second kappa shape index (κ2) is 7.79. The molecule has 2 aromatic rings. The van der Waals surface area contributed by atoms with E-state index in [4.69, 9.17) is 11.6 Å². The Morgan fingerprint density at radius 3 is 2.81 bits per heavy atom. The van der Waals surface area contributed by atoms with Crippen molar-refractivity contribution >= 4 is 23.2 Å². The minimum Gasteiger partial charge on any atom is -0.308 e. The number of amides is 1. The van der Waals surface area contributed by atoms with Gasteiger partial charge in [-0.3, -0.25) is 9.78 Å². The maximum atomic E-state index is 12.5. The zero-order chi connectivity index (χ0) is 15.1. The van der Waals surface area contributed by atoms with Crippen LogP contribution in [0.15, 0.2) is 48.8 Å². The van der Waals surface area contributed by atoms with Crippen molar-refractivity contribution in [1.29, 1.82) is 0 Å². The largest absolute Gasteiger partial charge is 0.308 e. The number of aromatic nitrogens is 1. The molecule has 0 fully saturated rings. The first-order valence-electron chi connectivity index (χ1n) is 7.15. The zero-order valence-electron chi connectivity index (χ0n) is 12.1. The third-order valence-corrected chi connectivity index (χ3v) is 3.46. The van der Waals surface area contributed by atoms with E-state index in [0.717, 1.165) is 24.1 Å². The Morgan fingerprint density at radius 1 is 1.29 bits per heavy atom. The van der Waals surface area contributed by atoms with Gasteiger partial charge in [0.2, 0.25) is 5.91 Å². The maximum absolute atomic E-state index is 12.5. The van der Waals surface area contributed by atoms with Gasteiger partial charge in [0.25, 0.3) is 0 Å². The molecule has 0 unspecified atom stereocenters. The lowest BCUT2D eigenvalue weighted by Crippen LogP contribution is -2.30. The summed E-state index contributed by atoms with van der Waals surface area (Å²) in [4.78, 5) is 18.4. The third-order valence-electron chi connectivity index (χ3n) is 3.23. The van der Waals surface area contributed by atoms with Gasteiger partial charge in [-0.25, -0.2) is 0 Å². The molecule has 0 N–H and O–H groups in total. The summed E-state index contributed by atoms with van der Waals surface area (Å²) in [6.07, 6.45) is 5.95. The van der Waals surface area contributed by atoms with Gasteiger partial charge in [0.05, 0.1) is 6.54 Å². The first kappa shape index (κ1) is 15.5. The molecule has 110 valence electrons. The molecule has 0 bridgehead atoms. The van der Waals surface area contributed by atoms with Crippen LogP contribution in [-0.2, 0) is 11.3 Å². The van der Waals surface area contributed by atoms with Crippen LogP contribution < -0.4 is 4.90 Å². The number of rotatable bonds is 6. The Kier molecular flexibility index (Phi) is 5.76. The van der Waals surface area contributed by atoms with Crippen LogP contribution in [-0.4, -0.2) is 10.9 Å². The summed E-state index contributed by atoms with van der Waals surface area (Å²) in [7, 11) is 0. The average Bonchev–Trinajstić information content (AvgIpc) is 2.51. The van der Waals surface area contributed by atoms with Crippen molar-refractivity contribution in [2.24, 2.45) is 0 Å². The molecular formula is C17H19ClN2O. The Labute approximate surface area is 130 Å². The lowest BCUT2D eigenvalue weighted by molar-refractivity contribution is -0.118. The molecule has 1 aromatic heterocycles. The summed E-state index contributed by atoms with van der Waals surface area (Å²) in [5.74, 6) is 0.114. The van der Waals surface area contributed by atoms with Gasteiger partial charge in [-0.1, -0.05) is 37.1 Å². The quantitative estimate of drug-likeness (QED) is 0.789. The van der Waals surface area contributed by atoms with Gasteiger partial charge < -0.3 is 4.90 Å². The molecule has 0 aliphatic rings. The van der Waals surface area contributed by atoms with E-state index in [0.29, 0.717) is 18.0 Å². The van der Waals surface area contributed by atoms with Crippen molar-refractivity contribution in [1.82, 2.24) is 4.98 Å². The number of halogens is 1. The number of nitrogens with zero attached hydrogens (tertiary/aromatic N) is 2. The van der Waals surface area contributed by atoms with Crippen LogP contribution in [0, 0.1) is 0 Å². The molecule has 0 spiro atoms. The smallest absolute Gasteiger partial charge is 0.227 e. The van der Waals surface area contributed by atoms with E-state index in [1.54, 1.807) is 17.3 Å². The summed E-state index contributed by atoms with van der Waals surface area (Å²) in [5, 5.41) is 0.631. The van der Waals surface area contributed by atoms with Crippen molar-refractivity contribution < 1.29 is 4.79 Å². The van der Waals surface area contributed by atoms with Crippen molar-refractivity contribution in [3.05, 3.63) is 59.4 Å². The van der Waals surface area contributed by atoms with Crippen LogP contribution in [0.2, 0.25) is 5.02 Å². The molecule has 3 nitrogen and oxygen atoms in total. The molecule has 0 saturated carbocycles. The lowest BCUT2D eigenvalue weighted by atomic mass is 10.2. The number of unbranched alkanes of at least 4 members (excludes halogenated alkanes) is 1. The summed E-state index contributed by atoms with van der Waals surface area (Å²) in [6.45, 7) is 2.59.